The van der Waals surface area contributed by atoms with E-state index >= 15 is 0 Å². The summed E-state index contributed by atoms with van der Waals surface area (Å²) < 4.78 is 3.05. The fraction of sp³-hybridized carbons (Fsp3) is 0.133. The Bertz CT molecular complexity index is 714. The van der Waals surface area contributed by atoms with Crippen molar-refractivity contribution in [3.63, 3.8) is 0 Å². The standard InChI is InChI=1S/C15H14BrN3/c1-10(17)11-2-4-12(5-3-11)14-9-19-8-13(16)6-7-15(19)18-14/h2-10H,17H2,1H3. The maximum absolute atomic E-state index is 5.86. The Morgan fingerprint density at radius 1 is 1.11 bits per heavy atom. The van der Waals surface area contributed by atoms with Gasteiger partial charge in [0.1, 0.15) is 5.65 Å². The number of rotatable bonds is 2. The average molecular weight is 316 g/mol. The van der Waals surface area contributed by atoms with Crippen molar-refractivity contribution in [3.05, 3.63) is 58.8 Å². The minimum Gasteiger partial charge on any atom is -0.324 e. The number of pyridine rings is 1. The van der Waals surface area contributed by atoms with Gasteiger partial charge in [-0.2, -0.15) is 0 Å². The summed E-state index contributed by atoms with van der Waals surface area (Å²) in [6, 6.07) is 12.3. The zero-order valence-corrected chi connectivity index (χ0v) is 12.1. The molecule has 1 atom stereocenters. The second-order valence-electron chi connectivity index (χ2n) is 4.65. The maximum Gasteiger partial charge on any atom is 0.137 e. The van der Waals surface area contributed by atoms with E-state index in [0.717, 1.165) is 26.9 Å². The summed E-state index contributed by atoms with van der Waals surface area (Å²) in [6.07, 6.45) is 4.03. The van der Waals surface area contributed by atoms with E-state index in [0.29, 0.717) is 0 Å². The number of imidazole rings is 1. The van der Waals surface area contributed by atoms with Gasteiger partial charge >= 0.3 is 0 Å². The van der Waals surface area contributed by atoms with Gasteiger partial charge in [0.2, 0.25) is 0 Å². The Hall–Kier alpha value is -1.65. The van der Waals surface area contributed by atoms with Crippen molar-refractivity contribution in [3.8, 4) is 11.3 Å². The molecule has 0 aliphatic heterocycles. The van der Waals surface area contributed by atoms with Crippen molar-refractivity contribution in [2.45, 2.75) is 13.0 Å². The Kier molecular flexibility index (Phi) is 3.12. The molecule has 2 N–H and O–H groups in total. The van der Waals surface area contributed by atoms with Gasteiger partial charge in [0.05, 0.1) is 5.69 Å². The van der Waals surface area contributed by atoms with Crippen molar-refractivity contribution in [2.75, 3.05) is 0 Å². The largest absolute Gasteiger partial charge is 0.324 e. The highest BCUT2D eigenvalue weighted by molar-refractivity contribution is 9.10. The minimum absolute atomic E-state index is 0.0612. The number of fused-ring (bicyclic) bond motifs is 1. The lowest BCUT2D eigenvalue weighted by atomic mass is 10.1. The van der Waals surface area contributed by atoms with E-state index in [1.54, 1.807) is 0 Å². The molecule has 3 nitrogen and oxygen atoms in total. The zero-order chi connectivity index (χ0) is 13.4. The van der Waals surface area contributed by atoms with E-state index in [-0.39, 0.29) is 6.04 Å². The maximum atomic E-state index is 5.86. The lowest BCUT2D eigenvalue weighted by Gasteiger charge is -2.05. The van der Waals surface area contributed by atoms with Gasteiger partial charge in [-0.25, -0.2) is 4.98 Å². The Balaban J connectivity index is 2.03. The summed E-state index contributed by atoms with van der Waals surface area (Å²) in [4.78, 5) is 4.61. The van der Waals surface area contributed by atoms with E-state index < -0.39 is 0 Å². The third-order valence-electron chi connectivity index (χ3n) is 3.15. The van der Waals surface area contributed by atoms with E-state index in [1.807, 2.05) is 35.9 Å². The van der Waals surface area contributed by atoms with Crippen LogP contribution in [0.15, 0.2) is 53.3 Å². The van der Waals surface area contributed by atoms with Crippen LogP contribution < -0.4 is 5.73 Å². The molecule has 19 heavy (non-hydrogen) atoms. The summed E-state index contributed by atoms with van der Waals surface area (Å²) in [5, 5.41) is 0. The highest BCUT2D eigenvalue weighted by Crippen LogP contribution is 2.22. The summed E-state index contributed by atoms with van der Waals surface area (Å²) >= 11 is 3.46. The zero-order valence-electron chi connectivity index (χ0n) is 10.5. The third-order valence-corrected chi connectivity index (χ3v) is 3.62. The van der Waals surface area contributed by atoms with Crippen molar-refractivity contribution in [1.29, 1.82) is 0 Å². The van der Waals surface area contributed by atoms with Crippen molar-refractivity contribution in [1.82, 2.24) is 9.38 Å². The van der Waals surface area contributed by atoms with Crippen LogP contribution in [0.1, 0.15) is 18.5 Å². The first-order valence-corrected chi connectivity index (χ1v) is 6.93. The van der Waals surface area contributed by atoms with Crippen LogP contribution in [0, 0.1) is 0 Å². The van der Waals surface area contributed by atoms with Crippen LogP contribution >= 0.6 is 15.9 Å². The number of hydrogen-bond acceptors (Lipinski definition) is 2. The molecule has 0 spiro atoms. The minimum atomic E-state index is 0.0612. The first kappa shape index (κ1) is 12.4. The Morgan fingerprint density at radius 3 is 2.53 bits per heavy atom. The molecule has 0 aliphatic carbocycles. The first-order chi connectivity index (χ1) is 9.13. The van der Waals surface area contributed by atoms with Gasteiger partial charge in [-0.3, -0.25) is 0 Å². The molecule has 0 aliphatic rings. The highest BCUT2D eigenvalue weighted by Gasteiger charge is 2.05. The molecule has 3 rings (SSSR count). The number of aromatic nitrogens is 2. The molecule has 2 aromatic heterocycles. The van der Waals surface area contributed by atoms with Crippen LogP contribution in [-0.4, -0.2) is 9.38 Å². The van der Waals surface area contributed by atoms with E-state index in [2.05, 4.69) is 45.2 Å². The average Bonchev–Trinajstić information content (AvgIpc) is 2.81. The van der Waals surface area contributed by atoms with Gasteiger partial charge in [-0.05, 0) is 40.5 Å². The fourth-order valence-corrected chi connectivity index (χ4v) is 2.41. The van der Waals surface area contributed by atoms with Crippen LogP contribution in [0.3, 0.4) is 0 Å². The topological polar surface area (TPSA) is 43.3 Å². The summed E-state index contributed by atoms with van der Waals surface area (Å²) in [5.41, 5.74) is 10.00. The van der Waals surface area contributed by atoms with Gasteiger partial charge in [-0.1, -0.05) is 24.3 Å². The smallest absolute Gasteiger partial charge is 0.137 e. The SMILES string of the molecule is CC(N)c1ccc(-c2cn3cc(Br)ccc3n2)cc1. The molecular formula is C15H14BrN3. The second-order valence-corrected chi connectivity index (χ2v) is 5.57. The predicted octanol–water partition coefficient (Wildman–Crippen LogP) is 3.78. The Morgan fingerprint density at radius 2 is 1.84 bits per heavy atom. The van der Waals surface area contributed by atoms with Gasteiger partial charge in [-0.15, -0.1) is 0 Å². The number of hydrogen-bond donors (Lipinski definition) is 1. The second kappa shape index (κ2) is 4.79. The molecular weight excluding hydrogens is 302 g/mol. The molecule has 0 saturated heterocycles. The van der Waals surface area contributed by atoms with E-state index in [4.69, 9.17) is 5.73 Å². The van der Waals surface area contributed by atoms with E-state index in [9.17, 15) is 0 Å². The van der Waals surface area contributed by atoms with Gasteiger partial charge in [0, 0.05) is 28.5 Å². The normalized spacial score (nSPS) is 12.8. The van der Waals surface area contributed by atoms with Crippen LogP contribution in [0.25, 0.3) is 16.9 Å². The molecule has 2 heterocycles. The van der Waals surface area contributed by atoms with Crippen LogP contribution in [0.4, 0.5) is 0 Å². The summed E-state index contributed by atoms with van der Waals surface area (Å²) in [7, 11) is 0. The molecule has 4 heteroatoms. The van der Waals surface area contributed by atoms with Gasteiger partial charge in [0.15, 0.2) is 0 Å². The monoisotopic (exact) mass is 315 g/mol. The van der Waals surface area contributed by atoms with E-state index in [1.165, 1.54) is 0 Å². The van der Waals surface area contributed by atoms with Gasteiger partial charge < -0.3 is 10.1 Å². The highest BCUT2D eigenvalue weighted by atomic mass is 79.9. The molecule has 0 saturated carbocycles. The van der Waals surface area contributed by atoms with Gasteiger partial charge in [0.25, 0.3) is 0 Å². The molecule has 1 aromatic carbocycles. The van der Waals surface area contributed by atoms with Crippen LogP contribution in [0.2, 0.25) is 0 Å². The number of nitrogens with zero attached hydrogens (tertiary/aromatic N) is 2. The van der Waals surface area contributed by atoms with Crippen molar-refractivity contribution >= 4 is 21.6 Å². The number of benzene rings is 1. The molecule has 0 amide bonds. The predicted molar refractivity (Wildman–Crippen MR) is 80.9 cm³/mol. The van der Waals surface area contributed by atoms with Crippen molar-refractivity contribution in [2.24, 2.45) is 5.73 Å². The van der Waals surface area contributed by atoms with Crippen molar-refractivity contribution < 1.29 is 0 Å². The molecule has 0 fully saturated rings. The lowest BCUT2D eigenvalue weighted by Crippen LogP contribution is -2.04. The summed E-state index contributed by atoms with van der Waals surface area (Å²) in [5.74, 6) is 0. The molecule has 3 aromatic rings. The van der Waals surface area contributed by atoms with Crippen LogP contribution in [0.5, 0.6) is 0 Å². The number of nitrogens with two attached hydrogens (primary N) is 1. The molecule has 1 unspecified atom stereocenters. The number of halogens is 1. The fourth-order valence-electron chi connectivity index (χ4n) is 2.06. The molecule has 0 bridgehead atoms. The summed E-state index contributed by atoms with van der Waals surface area (Å²) in [6.45, 7) is 1.98. The first-order valence-electron chi connectivity index (χ1n) is 6.13. The quantitative estimate of drug-likeness (QED) is 0.782. The third kappa shape index (κ3) is 2.41. The molecule has 96 valence electrons. The Labute approximate surface area is 120 Å². The lowest BCUT2D eigenvalue weighted by molar-refractivity contribution is 0.818. The van der Waals surface area contributed by atoms with Crippen LogP contribution in [-0.2, 0) is 0 Å². The molecule has 0 radical (unpaired) electrons.